The van der Waals surface area contributed by atoms with Crippen molar-refractivity contribution in [1.29, 1.82) is 10.8 Å². The predicted molar refractivity (Wildman–Crippen MR) is 61.4 cm³/mol. The minimum atomic E-state index is 0.0653. The number of aryl methyl sites for hydroxylation is 1. The van der Waals surface area contributed by atoms with E-state index in [0.29, 0.717) is 0 Å². The summed E-state index contributed by atoms with van der Waals surface area (Å²) in [4.78, 5) is 4.61. The van der Waals surface area contributed by atoms with Gasteiger partial charge in [-0.15, -0.1) is 0 Å². The Balaban J connectivity index is 2.46. The molecule has 6 nitrogen and oxygen atoms in total. The Kier molecular flexibility index (Phi) is 3.33. The van der Waals surface area contributed by atoms with E-state index in [-0.39, 0.29) is 11.9 Å². The van der Waals surface area contributed by atoms with Gasteiger partial charge in [-0.05, 0) is 19.1 Å². The Labute approximate surface area is 88.7 Å². The predicted octanol–water partition coefficient (Wildman–Crippen LogP) is 0.756. The van der Waals surface area contributed by atoms with Crippen LogP contribution in [0.5, 0.6) is 0 Å². The maximum atomic E-state index is 7.55. The Morgan fingerprint density at radius 3 is 2.47 bits per heavy atom. The summed E-state index contributed by atoms with van der Waals surface area (Å²) >= 11 is 0. The van der Waals surface area contributed by atoms with Gasteiger partial charge in [0.1, 0.15) is 5.82 Å². The van der Waals surface area contributed by atoms with E-state index >= 15 is 0 Å². The molecular weight excluding hydrogens is 192 g/mol. The summed E-state index contributed by atoms with van der Waals surface area (Å²) in [7, 11) is 3.48. The van der Waals surface area contributed by atoms with Crippen molar-refractivity contribution in [2.45, 2.75) is 6.92 Å². The molecular formula is C9H16N6. The first kappa shape index (κ1) is 11.1. The van der Waals surface area contributed by atoms with E-state index in [1.54, 1.807) is 19.0 Å². The minimum absolute atomic E-state index is 0.0653. The molecule has 15 heavy (non-hydrogen) atoms. The van der Waals surface area contributed by atoms with E-state index < -0.39 is 0 Å². The summed E-state index contributed by atoms with van der Waals surface area (Å²) in [5.41, 5.74) is 1.02. The average molecular weight is 208 g/mol. The number of aromatic amines is 1. The van der Waals surface area contributed by atoms with E-state index in [1.165, 1.54) is 0 Å². The Bertz CT molecular complexity index is 364. The molecule has 0 saturated heterocycles. The molecule has 0 fully saturated rings. The lowest BCUT2D eigenvalue weighted by molar-refractivity contribution is 0.599. The Hall–Kier alpha value is -1.98. The van der Waals surface area contributed by atoms with E-state index in [4.69, 9.17) is 10.8 Å². The van der Waals surface area contributed by atoms with Gasteiger partial charge in [0.05, 0.1) is 0 Å². The highest BCUT2D eigenvalue weighted by Crippen LogP contribution is 2.04. The van der Waals surface area contributed by atoms with Gasteiger partial charge in [-0.2, -0.15) is 0 Å². The zero-order chi connectivity index (χ0) is 11.4. The molecule has 1 aromatic rings. The second kappa shape index (κ2) is 4.50. The number of hydrogen-bond donors (Lipinski definition) is 5. The number of nitrogens with zero attached hydrogens (tertiary/aromatic N) is 1. The molecule has 0 atom stereocenters. The third-order valence-corrected chi connectivity index (χ3v) is 1.78. The van der Waals surface area contributed by atoms with Crippen molar-refractivity contribution in [3.63, 3.8) is 0 Å². The first-order valence-electron chi connectivity index (χ1n) is 4.53. The molecule has 0 aliphatic carbocycles. The second-order valence-corrected chi connectivity index (χ2v) is 3.42. The molecule has 1 rings (SSSR count). The summed E-state index contributed by atoms with van der Waals surface area (Å²) in [5, 5.41) is 20.4. The minimum Gasteiger partial charge on any atom is -0.349 e. The van der Waals surface area contributed by atoms with Crippen LogP contribution in [-0.2, 0) is 0 Å². The van der Waals surface area contributed by atoms with Crippen molar-refractivity contribution in [2.24, 2.45) is 0 Å². The van der Waals surface area contributed by atoms with Gasteiger partial charge in [-0.3, -0.25) is 16.1 Å². The maximum Gasteiger partial charge on any atom is 0.200 e. The number of hydrogen-bond acceptors (Lipinski definition) is 2. The number of aromatic nitrogens is 1. The lowest BCUT2D eigenvalue weighted by Crippen LogP contribution is -2.42. The van der Waals surface area contributed by atoms with Crippen molar-refractivity contribution < 1.29 is 0 Å². The first-order chi connectivity index (χ1) is 6.99. The van der Waals surface area contributed by atoms with Gasteiger partial charge in [0, 0.05) is 19.8 Å². The van der Waals surface area contributed by atoms with Crippen LogP contribution in [0.3, 0.4) is 0 Å². The monoisotopic (exact) mass is 208 g/mol. The summed E-state index contributed by atoms with van der Waals surface area (Å²) in [6.07, 6.45) is 0. The van der Waals surface area contributed by atoms with Gasteiger partial charge in [-0.25, -0.2) is 0 Å². The molecule has 0 saturated carbocycles. The van der Waals surface area contributed by atoms with Crippen LogP contribution in [0.15, 0.2) is 12.1 Å². The molecule has 0 aliphatic heterocycles. The lowest BCUT2D eigenvalue weighted by atomic mass is 10.5. The van der Waals surface area contributed by atoms with Gasteiger partial charge in [0.25, 0.3) is 0 Å². The van der Waals surface area contributed by atoms with Crippen LogP contribution in [0.4, 0.5) is 5.82 Å². The zero-order valence-corrected chi connectivity index (χ0v) is 9.10. The number of nitrogens with one attached hydrogen (secondary N) is 5. The van der Waals surface area contributed by atoms with Crippen LogP contribution in [0.1, 0.15) is 5.69 Å². The molecule has 0 bridgehead atoms. The van der Waals surface area contributed by atoms with Crippen LogP contribution in [0.25, 0.3) is 0 Å². The smallest absolute Gasteiger partial charge is 0.200 e. The number of H-pyrrole nitrogens is 1. The van der Waals surface area contributed by atoms with Gasteiger partial charge in [0.15, 0.2) is 5.96 Å². The highest BCUT2D eigenvalue weighted by Gasteiger charge is 2.03. The number of anilines is 1. The summed E-state index contributed by atoms with van der Waals surface area (Å²) in [6, 6.07) is 3.75. The second-order valence-electron chi connectivity index (χ2n) is 3.42. The van der Waals surface area contributed by atoms with Crippen molar-refractivity contribution in [2.75, 3.05) is 19.4 Å². The van der Waals surface area contributed by atoms with Crippen molar-refractivity contribution >= 4 is 17.7 Å². The maximum absolute atomic E-state index is 7.55. The van der Waals surface area contributed by atoms with E-state index in [0.717, 1.165) is 11.5 Å². The topological polar surface area (TPSA) is 90.8 Å². The van der Waals surface area contributed by atoms with Crippen molar-refractivity contribution in [1.82, 2.24) is 15.2 Å². The standard InChI is InChI=1S/C9H16N6/c1-6-4-5-7(12-6)13-8(10)14-9(11)15(2)3/h4-5,12H,1-3H3,(H4,10,11,13,14). The quantitative estimate of drug-likeness (QED) is 0.348. The van der Waals surface area contributed by atoms with E-state index in [9.17, 15) is 0 Å². The third-order valence-electron chi connectivity index (χ3n) is 1.78. The fourth-order valence-corrected chi connectivity index (χ4v) is 0.973. The molecule has 5 N–H and O–H groups in total. The molecule has 0 unspecified atom stereocenters. The van der Waals surface area contributed by atoms with Crippen LogP contribution in [0, 0.1) is 17.7 Å². The molecule has 0 radical (unpaired) electrons. The molecule has 0 spiro atoms. The zero-order valence-electron chi connectivity index (χ0n) is 9.10. The summed E-state index contributed by atoms with van der Waals surface area (Å²) in [6.45, 7) is 1.93. The highest BCUT2D eigenvalue weighted by atomic mass is 15.3. The fourth-order valence-electron chi connectivity index (χ4n) is 0.973. The molecule has 0 aliphatic rings. The molecule has 0 amide bonds. The Morgan fingerprint density at radius 1 is 1.33 bits per heavy atom. The number of rotatable bonds is 1. The first-order valence-corrected chi connectivity index (χ1v) is 4.53. The van der Waals surface area contributed by atoms with Gasteiger partial charge in [-0.1, -0.05) is 0 Å². The van der Waals surface area contributed by atoms with Crippen LogP contribution >= 0.6 is 0 Å². The van der Waals surface area contributed by atoms with Gasteiger partial charge in [0.2, 0.25) is 5.96 Å². The lowest BCUT2D eigenvalue weighted by Gasteiger charge is -2.15. The number of guanidine groups is 2. The van der Waals surface area contributed by atoms with Crippen LogP contribution in [-0.4, -0.2) is 35.9 Å². The van der Waals surface area contributed by atoms with Crippen LogP contribution in [0.2, 0.25) is 0 Å². The van der Waals surface area contributed by atoms with Crippen molar-refractivity contribution in [3.8, 4) is 0 Å². The molecule has 82 valence electrons. The van der Waals surface area contributed by atoms with Gasteiger partial charge >= 0.3 is 0 Å². The Morgan fingerprint density at radius 2 is 2.00 bits per heavy atom. The van der Waals surface area contributed by atoms with Crippen LogP contribution < -0.4 is 10.6 Å². The highest BCUT2D eigenvalue weighted by molar-refractivity contribution is 6.02. The summed E-state index contributed by atoms with van der Waals surface area (Å²) < 4.78 is 0. The molecule has 1 heterocycles. The molecule has 1 aromatic heterocycles. The fraction of sp³-hybridized carbons (Fsp3) is 0.333. The average Bonchev–Trinajstić information content (AvgIpc) is 2.50. The van der Waals surface area contributed by atoms with Crippen molar-refractivity contribution in [3.05, 3.63) is 17.8 Å². The SMILES string of the molecule is Cc1ccc(NC(=N)NC(=N)N(C)C)[nH]1. The summed E-state index contributed by atoms with van der Waals surface area (Å²) in [5.74, 6) is 0.961. The van der Waals surface area contributed by atoms with E-state index in [2.05, 4.69) is 15.6 Å². The molecule has 6 heteroatoms. The third kappa shape index (κ3) is 3.34. The molecule has 0 aromatic carbocycles. The largest absolute Gasteiger partial charge is 0.349 e. The van der Waals surface area contributed by atoms with E-state index in [1.807, 2.05) is 19.1 Å². The van der Waals surface area contributed by atoms with Gasteiger partial charge < -0.3 is 15.2 Å². The normalized spacial score (nSPS) is 9.53.